The van der Waals surface area contributed by atoms with Gasteiger partial charge in [0.2, 0.25) is 5.88 Å². The van der Waals surface area contributed by atoms with E-state index in [4.69, 9.17) is 15.3 Å². The van der Waals surface area contributed by atoms with Gasteiger partial charge in [0.15, 0.2) is 5.16 Å². The molecule has 0 amide bonds. The molecule has 7 heteroatoms. The van der Waals surface area contributed by atoms with Gasteiger partial charge in [0.25, 0.3) is 0 Å². The number of thioether (sulfide) groups is 1. The van der Waals surface area contributed by atoms with Gasteiger partial charge in [0.05, 0.1) is 6.61 Å². The van der Waals surface area contributed by atoms with Gasteiger partial charge < -0.3 is 14.9 Å². The van der Waals surface area contributed by atoms with Crippen LogP contribution >= 0.6 is 11.8 Å². The largest absolute Gasteiger partial charge is 0.472 e. The first-order valence-electron chi connectivity index (χ1n) is 4.75. The molecule has 1 rings (SSSR count). The molecule has 16 heavy (non-hydrogen) atoms. The third-order valence-corrected chi connectivity index (χ3v) is 2.28. The Morgan fingerprint density at radius 2 is 2.31 bits per heavy atom. The highest BCUT2D eigenvalue weighted by Crippen LogP contribution is 2.19. The predicted octanol–water partition coefficient (Wildman–Crippen LogP) is 0.898. The Balaban J connectivity index is 2.78. The van der Waals surface area contributed by atoms with Gasteiger partial charge >= 0.3 is 0 Å². The van der Waals surface area contributed by atoms with Crippen LogP contribution < -0.4 is 16.0 Å². The zero-order valence-electron chi connectivity index (χ0n) is 9.56. The molecule has 1 heterocycles. The van der Waals surface area contributed by atoms with Gasteiger partial charge in [-0.1, -0.05) is 11.8 Å². The highest BCUT2D eigenvalue weighted by molar-refractivity contribution is 7.98. The van der Waals surface area contributed by atoms with Crippen LogP contribution in [0.1, 0.15) is 6.92 Å². The summed E-state index contributed by atoms with van der Waals surface area (Å²) in [5, 5.41) is 0.607. The SMILES string of the molecule is COCC(C)Oc1cc(NN)nc(SC)n1. The molecule has 1 aromatic rings. The van der Waals surface area contributed by atoms with Crippen molar-refractivity contribution in [3.8, 4) is 5.88 Å². The first-order chi connectivity index (χ1) is 7.69. The second-order valence-corrected chi connectivity index (χ2v) is 3.88. The summed E-state index contributed by atoms with van der Waals surface area (Å²) in [6, 6.07) is 1.64. The molecule has 90 valence electrons. The molecule has 0 saturated heterocycles. The summed E-state index contributed by atoms with van der Waals surface area (Å²) in [6.45, 7) is 2.41. The summed E-state index contributed by atoms with van der Waals surface area (Å²) >= 11 is 1.42. The number of methoxy groups -OCH3 is 1. The van der Waals surface area contributed by atoms with Gasteiger partial charge in [-0.15, -0.1) is 0 Å². The Kier molecular flexibility index (Phi) is 5.30. The number of nitrogens with one attached hydrogen (secondary N) is 1. The van der Waals surface area contributed by atoms with Crippen molar-refractivity contribution in [2.24, 2.45) is 5.84 Å². The van der Waals surface area contributed by atoms with Crippen LogP contribution in [0.5, 0.6) is 5.88 Å². The zero-order chi connectivity index (χ0) is 12.0. The first kappa shape index (κ1) is 13.0. The highest BCUT2D eigenvalue weighted by Gasteiger charge is 2.08. The maximum absolute atomic E-state index is 5.55. The predicted molar refractivity (Wildman–Crippen MR) is 63.6 cm³/mol. The molecular weight excluding hydrogens is 228 g/mol. The Morgan fingerprint density at radius 1 is 1.56 bits per heavy atom. The number of hydrazine groups is 1. The summed E-state index contributed by atoms with van der Waals surface area (Å²) in [5.74, 6) is 6.31. The molecule has 0 saturated carbocycles. The van der Waals surface area contributed by atoms with Crippen molar-refractivity contribution < 1.29 is 9.47 Å². The standard InChI is InChI=1S/C9H16N4O2S/c1-6(5-14-2)15-8-4-7(13-10)11-9(12-8)16-3/h4,6H,5,10H2,1-3H3,(H,11,12,13). The van der Waals surface area contributed by atoms with Crippen LogP contribution in [0.2, 0.25) is 0 Å². The second kappa shape index (κ2) is 6.51. The lowest BCUT2D eigenvalue weighted by molar-refractivity contribution is 0.0884. The molecule has 6 nitrogen and oxygen atoms in total. The lowest BCUT2D eigenvalue weighted by Gasteiger charge is -2.13. The molecule has 1 unspecified atom stereocenters. The summed E-state index contributed by atoms with van der Waals surface area (Å²) < 4.78 is 10.5. The fraction of sp³-hybridized carbons (Fsp3) is 0.556. The van der Waals surface area contributed by atoms with Crippen molar-refractivity contribution in [3.05, 3.63) is 6.07 Å². The average molecular weight is 244 g/mol. The van der Waals surface area contributed by atoms with E-state index in [2.05, 4.69) is 15.4 Å². The molecule has 0 aliphatic heterocycles. The number of aromatic nitrogens is 2. The van der Waals surface area contributed by atoms with Crippen molar-refractivity contribution in [1.29, 1.82) is 0 Å². The van der Waals surface area contributed by atoms with Crippen LogP contribution in [-0.4, -0.2) is 36.0 Å². The van der Waals surface area contributed by atoms with E-state index < -0.39 is 0 Å². The minimum atomic E-state index is -0.0692. The van der Waals surface area contributed by atoms with Crippen molar-refractivity contribution in [3.63, 3.8) is 0 Å². The highest BCUT2D eigenvalue weighted by atomic mass is 32.2. The molecule has 0 aromatic carbocycles. The fourth-order valence-corrected chi connectivity index (χ4v) is 1.48. The molecular formula is C9H16N4O2S. The average Bonchev–Trinajstić information content (AvgIpc) is 2.28. The molecule has 0 bridgehead atoms. The van der Waals surface area contributed by atoms with Crippen molar-refractivity contribution in [2.45, 2.75) is 18.2 Å². The first-order valence-corrected chi connectivity index (χ1v) is 5.97. The van der Waals surface area contributed by atoms with E-state index in [1.807, 2.05) is 13.2 Å². The lowest BCUT2D eigenvalue weighted by Crippen LogP contribution is -2.19. The van der Waals surface area contributed by atoms with E-state index in [-0.39, 0.29) is 6.10 Å². The number of nitrogen functional groups attached to an aromatic ring is 1. The maximum atomic E-state index is 5.55. The van der Waals surface area contributed by atoms with Crippen LogP contribution in [-0.2, 0) is 4.74 Å². The van der Waals surface area contributed by atoms with Crippen molar-refractivity contribution >= 4 is 17.6 Å². The molecule has 0 aliphatic carbocycles. The van der Waals surface area contributed by atoms with E-state index in [1.54, 1.807) is 13.2 Å². The quantitative estimate of drug-likeness (QED) is 0.333. The van der Waals surface area contributed by atoms with Gasteiger partial charge in [-0.2, -0.15) is 4.98 Å². The number of rotatable bonds is 6. The Hall–Kier alpha value is -1.05. The monoisotopic (exact) mass is 244 g/mol. The van der Waals surface area contributed by atoms with Gasteiger partial charge in [0, 0.05) is 13.2 Å². The van der Waals surface area contributed by atoms with E-state index in [9.17, 15) is 0 Å². The second-order valence-electron chi connectivity index (χ2n) is 3.11. The van der Waals surface area contributed by atoms with Gasteiger partial charge in [-0.3, -0.25) is 0 Å². The summed E-state index contributed by atoms with van der Waals surface area (Å²) in [6.07, 6.45) is 1.82. The lowest BCUT2D eigenvalue weighted by atomic mass is 10.4. The number of hydrogen-bond donors (Lipinski definition) is 2. The van der Waals surface area contributed by atoms with Crippen LogP contribution in [0.3, 0.4) is 0 Å². The minimum absolute atomic E-state index is 0.0692. The van der Waals surface area contributed by atoms with Crippen LogP contribution in [0, 0.1) is 0 Å². The van der Waals surface area contributed by atoms with Gasteiger partial charge in [0.1, 0.15) is 11.9 Å². The number of nitrogens with two attached hydrogens (primary N) is 1. The topological polar surface area (TPSA) is 82.3 Å². The molecule has 1 aromatic heterocycles. The third kappa shape index (κ3) is 3.84. The van der Waals surface area contributed by atoms with E-state index >= 15 is 0 Å². The van der Waals surface area contributed by atoms with Crippen LogP contribution in [0.15, 0.2) is 11.2 Å². The van der Waals surface area contributed by atoms with Crippen molar-refractivity contribution in [1.82, 2.24) is 9.97 Å². The van der Waals surface area contributed by atoms with Gasteiger partial charge in [-0.25, -0.2) is 10.8 Å². The normalized spacial score (nSPS) is 12.2. The van der Waals surface area contributed by atoms with Gasteiger partial charge in [-0.05, 0) is 13.2 Å². The zero-order valence-corrected chi connectivity index (χ0v) is 10.4. The number of anilines is 1. The smallest absolute Gasteiger partial charge is 0.219 e. The number of ether oxygens (including phenoxy) is 2. The van der Waals surface area contributed by atoms with Crippen LogP contribution in [0.4, 0.5) is 5.82 Å². The van der Waals surface area contributed by atoms with Crippen LogP contribution in [0.25, 0.3) is 0 Å². The van der Waals surface area contributed by atoms with Crippen molar-refractivity contribution in [2.75, 3.05) is 25.4 Å². The molecule has 3 N–H and O–H groups in total. The maximum Gasteiger partial charge on any atom is 0.219 e. The Bertz CT molecular complexity index is 315. The van der Waals surface area contributed by atoms with E-state index in [0.29, 0.717) is 23.5 Å². The number of nitrogens with zero attached hydrogens (tertiary/aromatic N) is 2. The Morgan fingerprint density at radius 3 is 2.88 bits per heavy atom. The van der Waals surface area contributed by atoms with E-state index in [0.717, 1.165) is 0 Å². The molecule has 0 fully saturated rings. The Labute approximate surface area is 98.9 Å². The number of hydrogen-bond acceptors (Lipinski definition) is 7. The minimum Gasteiger partial charge on any atom is -0.472 e. The van der Waals surface area contributed by atoms with E-state index in [1.165, 1.54) is 11.8 Å². The fourth-order valence-electron chi connectivity index (χ4n) is 1.10. The molecule has 0 aliphatic rings. The summed E-state index contributed by atoms with van der Waals surface area (Å²) in [7, 11) is 1.63. The molecule has 0 radical (unpaired) electrons. The molecule has 0 spiro atoms. The third-order valence-electron chi connectivity index (χ3n) is 1.74. The molecule has 1 atom stereocenters. The summed E-state index contributed by atoms with van der Waals surface area (Å²) in [5.41, 5.74) is 2.47. The summed E-state index contributed by atoms with van der Waals surface area (Å²) in [4.78, 5) is 8.33.